The minimum Gasteiger partial charge on any atom is -0.481 e. The quantitative estimate of drug-likeness (QED) is 0.909. The number of carboxylic acids is 1. The van der Waals surface area contributed by atoms with Gasteiger partial charge in [-0.1, -0.05) is 50.6 Å². The summed E-state index contributed by atoms with van der Waals surface area (Å²) in [5, 5.41) is 9.26. The van der Waals surface area contributed by atoms with Crippen molar-refractivity contribution >= 4 is 11.9 Å². The van der Waals surface area contributed by atoms with Crippen molar-refractivity contribution in [2.24, 2.45) is 11.8 Å². The van der Waals surface area contributed by atoms with Crippen molar-refractivity contribution in [2.75, 3.05) is 6.54 Å². The van der Waals surface area contributed by atoms with Gasteiger partial charge in [0.1, 0.15) is 0 Å². The van der Waals surface area contributed by atoms with Crippen LogP contribution < -0.4 is 0 Å². The van der Waals surface area contributed by atoms with Crippen molar-refractivity contribution in [1.82, 2.24) is 4.90 Å². The summed E-state index contributed by atoms with van der Waals surface area (Å²) in [6.07, 6.45) is 1.46. The predicted octanol–water partition coefficient (Wildman–Crippen LogP) is 3.14. The molecule has 1 fully saturated rings. The zero-order chi connectivity index (χ0) is 16.3. The normalized spacial score (nSPS) is 24.0. The lowest BCUT2D eigenvalue weighted by Gasteiger charge is -2.31. The fraction of sp³-hybridized carbons (Fsp3) is 0.556. The third kappa shape index (κ3) is 3.16. The first-order valence-electron chi connectivity index (χ1n) is 8.05. The zero-order valence-corrected chi connectivity index (χ0v) is 13.5. The van der Waals surface area contributed by atoms with Crippen molar-refractivity contribution in [2.45, 2.75) is 45.6 Å². The molecule has 0 aromatic heterocycles. The highest BCUT2D eigenvalue weighted by atomic mass is 16.4. The molecule has 4 heteroatoms. The van der Waals surface area contributed by atoms with Crippen LogP contribution in [0.4, 0.5) is 0 Å². The van der Waals surface area contributed by atoms with E-state index in [2.05, 4.69) is 13.8 Å². The van der Waals surface area contributed by atoms with Crippen molar-refractivity contribution < 1.29 is 14.7 Å². The molecule has 1 aromatic rings. The van der Waals surface area contributed by atoms with E-state index in [1.54, 1.807) is 4.90 Å². The number of carboxylic acid groups (broad SMARTS) is 1. The first-order chi connectivity index (χ1) is 10.5. The molecule has 22 heavy (non-hydrogen) atoms. The Hall–Kier alpha value is -1.84. The fourth-order valence-corrected chi connectivity index (χ4v) is 3.37. The number of hydrogen-bond donors (Lipinski definition) is 1. The van der Waals surface area contributed by atoms with Gasteiger partial charge in [0, 0.05) is 12.6 Å². The van der Waals surface area contributed by atoms with E-state index in [1.165, 1.54) is 0 Å². The van der Waals surface area contributed by atoms with Crippen LogP contribution >= 0.6 is 0 Å². The number of aliphatic carboxylic acids is 1. The summed E-state index contributed by atoms with van der Waals surface area (Å²) in [4.78, 5) is 26.1. The van der Waals surface area contributed by atoms with Crippen LogP contribution in [0.3, 0.4) is 0 Å². The van der Waals surface area contributed by atoms with Crippen molar-refractivity contribution in [3.05, 3.63) is 35.9 Å². The van der Waals surface area contributed by atoms with E-state index in [0.717, 1.165) is 12.0 Å². The molecule has 1 aromatic carbocycles. The number of hydrogen-bond acceptors (Lipinski definition) is 2. The zero-order valence-electron chi connectivity index (χ0n) is 13.5. The van der Waals surface area contributed by atoms with Crippen LogP contribution in [0.5, 0.6) is 0 Å². The molecule has 1 aliphatic heterocycles. The molecule has 2 rings (SSSR count). The average molecular weight is 303 g/mol. The first kappa shape index (κ1) is 16.5. The Bertz CT molecular complexity index is 528. The van der Waals surface area contributed by atoms with Gasteiger partial charge < -0.3 is 10.0 Å². The molecule has 0 aliphatic carbocycles. The SMILES string of the molecule is CCC(C)C(C(=O)N1CCC(C(=O)O)C1C)c1ccccc1. The van der Waals surface area contributed by atoms with Gasteiger partial charge in [0.15, 0.2) is 0 Å². The smallest absolute Gasteiger partial charge is 0.308 e. The van der Waals surface area contributed by atoms with E-state index >= 15 is 0 Å². The fourth-order valence-electron chi connectivity index (χ4n) is 3.37. The Morgan fingerprint density at radius 2 is 1.95 bits per heavy atom. The molecule has 0 bridgehead atoms. The van der Waals surface area contributed by atoms with E-state index in [9.17, 15) is 14.7 Å². The molecule has 1 heterocycles. The lowest BCUT2D eigenvalue weighted by molar-refractivity contribution is -0.143. The highest BCUT2D eigenvalue weighted by Crippen LogP contribution is 2.33. The summed E-state index contributed by atoms with van der Waals surface area (Å²) in [6, 6.07) is 9.59. The molecule has 4 atom stereocenters. The maximum absolute atomic E-state index is 13.1. The highest BCUT2D eigenvalue weighted by Gasteiger charge is 2.41. The summed E-state index contributed by atoms with van der Waals surface area (Å²) in [5.74, 6) is -1.15. The second-order valence-corrected chi connectivity index (χ2v) is 6.28. The molecule has 4 unspecified atom stereocenters. The molecule has 1 N–H and O–H groups in total. The monoisotopic (exact) mass is 303 g/mol. The minimum atomic E-state index is -0.803. The van der Waals surface area contributed by atoms with Gasteiger partial charge in [0.05, 0.1) is 11.8 Å². The highest BCUT2D eigenvalue weighted by molar-refractivity contribution is 5.85. The Morgan fingerprint density at radius 1 is 1.32 bits per heavy atom. The van der Waals surface area contributed by atoms with Gasteiger partial charge in [-0.3, -0.25) is 9.59 Å². The molecular weight excluding hydrogens is 278 g/mol. The lowest BCUT2D eigenvalue weighted by Crippen LogP contribution is -2.41. The first-order valence-corrected chi connectivity index (χ1v) is 8.05. The van der Waals surface area contributed by atoms with Crippen LogP contribution in [0, 0.1) is 11.8 Å². The lowest BCUT2D eigenvalue weighted by atomic mass is 9.84. The van der Waals surface area contributed by atoms with Gasteiger partial charge in [-0.2, -0.15) is 0 Å². The topological polar surface area (TPSA) is 57.6 Å². The van der Waals surface area contributed by atoms with Crippen molar-refractivity contribution in [3.63, 3.8) is 0 Å². The van der Waals surface area contributed by atoms with E-state index in [1.807, 2.05) is 37.3 Å². The third-order valence-corrected chi connectivity index (χ3v) is 4.99. The predicted molar refractivity (Wildman–Crippen MR) is 85.6 cm³/mol. The van der Waals surface area contributed by atoms with Crippen LogP contribution in [0.1, 0.15) is 45.1 Å². The summed E-state index contributed by atoms with van der Waals surface area (Å²) < 4.78 is 0. The molecule has 4 nitrogen and oxygen atoms in total. The standard InChI is InChI=1S/C18H25NO3/c1-4-12(2)16(14-8-6-5-7-9-14)17(20)19-11-10-15(13(19)3)18(21)22/h5-9,12-13,15-16H,4,10-11H2,1-3H3,(H,21,22). The Morgan fingerprint density at radius 3 is 2.45 bits per heavy atom. The Balaban J connectivity index is 2.25. The third-order valence-electron chi connectivity index (χ3n) is 4.99. The van der Waals surface area contributed by atoms with Gasteiger partial charge in [-0.15, -0.1) is 0 Å². The number of likely N-dealkylation sites (tertiary alicyclic amines) is 1. The second-order valence-electron chi connectivity index (χ2n) is 6.28. The summed E-state index contributed by atoms with van der Waals surface area (Å²) >= 11 is 0. The summed E-state index contributed by atoms with van der Waals surface area (Å²) in [7, 11) is 0. The van der Waals surface area contributed by atoms with Crippen molar-refractivity contribution in [3.8, 4) is 0 Å². The summed E-state index contributed by atoms with van der Waals surface area (Å²) in [6.45, 7) is 6.56. The van der Waals surface area contributed by atoms with Crippen LogP contribution in [-0.4, -0.2) is 34.5 Å². The minimum absolute atomic E-state index is 0.0665. The number of nitrogens with zero attached hydrogens (tertiary/aromatic N) is 1. The molecular formula is C18H25NO3. The van der Waals surface area contributed by atoms with E-state index in [-0.39, 0.29) is 23.8 Å². The van der Waals surface area contributed by atoms with E-state index in [0.29, 0.717) is 13.0 Å². The van der Waals surface area contributed by atoms with E-state index in [4.69, 9.17) is 0 Å². The van der Waals surface area contributed by atoms with Gasteiger partial charge in [-0.25, -0.2) is 0 Å². The van der Waals surface area contributed by atoms with Gasteiger partial charge in [0.25, 0.3) is 0 Å². The molecule has 1 aliphatic rings. The number of benzene rings is 1. The van der Waals surface area contributed by atoms with Crippen LogP contribution in [-0.2, 0) is 9.59 Å². The van der Waals surface area contributed by atoms with E-state index < -0.39 is 11.9 Å². The second kappa shape index (κ2) is 6.95. The van der Waals surface area contributed by atoms with Crippen LogP contribution in [0.25, 0.3) is 0 Å². The molecule has 120 valence electrons. The number of rotatable bonds is 5. The summed E-state index contributed by atoms with van der Waals surface area (Å²) in [5.41, 5.74) is 1.02. The molecule has 1 amide bonds. The largest absolute Gasteiger partial charge is 0.481 e. The van der Waals surface area contributed by atoms with Gasteiger partial charge in [-0.05, 0) is 24.8 Å². The van der Waals surface area contributed by atoms with Crippen LogP contribution in [0.2, 0.25) is 0 Å². The molecule has 0 spiro atoms. The molecule has 0 saturated carbocycles. The number of carbonyl (C=O) groups is 2. The number of carbonyl (C=O) groups excluding carboxylic acids is 1. The molecule has 1 saturated heterocycles. The van der Waals surface area contributed by atoms with Gasteiger partial charge in [0.2, 0.25) is 5.91 Å². The van der Waals surface area contributed by atoms with Crippen LogP contribution in [0.15, 0.2) is 30.3 Å². The Labute approximate surface area is 132 Å². The maximum atomic E-state index is 13.1. The van der Waals surface area contributed by atoms with Crippen molar-refractivity contribution in [1.29, 1.82) is 0 Å². The average Bonchev–Trinajstić information content (AvgIpc) is 2.90. The van der Waals surface area contributed by atoms with Gasteiger partial charge >= 0.3 is 5.97 Å². The molecule has 0 radical (unpaired) electrons. The maximum Gasteiger partial charge on any atom is 0.308 e. The number of amides is 1. The Kier molecular flexibility index (Phi) is 5.22.